The van der Waals surface area contributed by atoms with E-state index >= 15 is 0 Å². The summed E-state index contributed by atoms with van der Waals surface area (Å²) in [6.45, 7) is 0.0735. The third-order valence-electron chi connectivity index (χ3n) is 4.09. The number of fused-ring (bicyclic) bond motifs is 1. The van der Waals surface area contributed by atoms with Crippen molar-refractivity contribution in [3.05, 3.63) is 82.4 Å². The molecule has 3 rings (SSSR count). The monoisotopic (exact) mass is 399 g/mol. The number of nitro groups is 1. The number of nitrogens with one attached hydrogen (secondary N) is 2. The van der Waals surface area contributed by atoms with Crippen LogP contribution in [0, 0.1) is 10.1 Å². The minimum atomic E-state index is -3.82. The molecule has 0 spiro atoms. The Bertz CT molecular complexity index is 1120. The van der Waals surface area contributed by atoms with Crippen LogP contribution >= 0.6 is 0 Å². The van der Waals surface area contributed by atoms with Crippen LogP contribution in [-0.4, -0.2) is 32.3 Å². The first-order valence-electron chi connectivity index (χ1n) is 8.38. The molecule has 0 unspecified atom stereocenters. The second kappa shape index (κ2) is 8.15. The lowest BCUT2D eigenvalue weighted by atomic mass is 10.0. The van der Waals surface area contributed by atoms with E-state index in [1.165, 1.54) is 0 Å². The van der Waals surface area contributed by atoms with Crippen LogP contribution in [0.1, 0.15) is 10.4 Å². The van der Waals surface area contributed by atoms with E-state index in [0.717, 1.165) is 35.0 Å². The lowest BCUT2D eigenvalue weighted by molar-refractivity contribution is -0.384. The molecule has 0 aliphatic heterocycles. The fraction of sp³-hybridized carbons (Fsp3) is 0.105. The molecule has 0 saturated carbocycles. The van der Waals surface area contributed by atoms with Crippen molar-refractivity contribution in [2.24, 2.45) is 0 Å². The molecule has 0 aromatic heterocycles. The summed E-state index contributed by atoms with van der Waals surface area (Å²) in [6.07, 6.45) is 0. The van der Waals surface area contributed by atoms with Gasteiger partial charge < -0.3 is 5.32 Å². The van der Waals surface area contributed by atoms with Crippen LogP contribution in [0.5, 0.6) is 0 Å². The number of nitro benzene ring substituents is 1. The molecule has 28 heavy (non-hydrogen) atoms. The standard InChI is InChI=1S/C19H17N3O5S/c23-19(18-7-3-5-14-4-1-2-6-17(14)18)20-12-13-21-28(26,27)16-10-8-15(9-11-16)22(24)25/h1-11,21H,12-13H2,(H,20,23). The molecule has 0 bridgehead atoms. The molecule has 0 radical (unpaired) electrons. The highest BCUT2D eigenvalue weighted by Gasteiger charge is 2.15. The summed E-state index contributed by atoms with van der Waals surface area (Å²) >= 11 is 0. The molecular formula is C19H17N3O5S. The normalized spacial score (nSPS) is 11.3. The number of non-ortho nitro benzene ring substituents is 1. The van der Waals surface area contributed by atoms with E-state index < -0.39 is 14.9 Å². The van der Waals surface area contributed by atoms with Gasteiger partial charge in [0.05, 0.1) is 9.82 Å². The van der Waals surface area contributed by atoms with Crippen LogP contribution in [-0.2, 0) is 10.0 Å². The van der Waals surface area contributed by atoms with Crippen LogP contribution in [0.3, 0.4) is 0 Å². The predicted octanol–water partition coefficient (Wildman–Crippen LogP) is 2.46. The van der Waals surface area contributed by atoms with Gasteiger partial charge in [-0.25, -0.2) is 13.1 Å². The van der Waals surface area contributed by atoms with Crippen LogP contribution < -0.4 is 10.0 Å². The van der Waals surface area contributed by atoms with E-state index in [4.69, 9.17) is 0 Å². The summed E-state index contributed by atoms with van der Waals surface area (Å²) in [6, 6.07) is 17.5. The Morgan fingerprint density at radius 1 is 0.929 bits per heavy atom. The van der Waals surface area contributed by atoms with Crippen molar-refractivity contribution >= 4 is 32.4 Å². The molecule has 0 fully saturated rings. The topological polar surface area (TPSA) is 118 Å². The van der Waals surface area contributed by atoms with Crippen LogP contribution in [0.15, 0.2) is 71.6 Å². The lowest BCUT2D eigenvalue weighted by Gasteiger charge is -2.09. The third-order valence-corrected chi connectivity index (χ3v) is 5.57. The van der Waals surface area contributed by atoms with Crippen molar-refractivity contribution in [3.63, 3.8) is 0 Å². The van der Waals surface area contributed by atoms with Gasteiger partial charge in [0.25, 0.3) is 11.6 Å². The van der Waals surface area contributed by atoms with E-state index in [2.05, 4.69) is 10.0 Å². The number of benzene rings is 3. The van der Waals surface area contributed by atoms with E-state index in [-0.39, 0.29) is 29.6 Å². The number of hydrogen-bond acceptors (Lipinski definition) is 5. The minimum absolute atomic E-state index is 0.0180. The Kier molecular flexibility index (Phi) is 5.67. The number of carbonyl (C=O) groups is 1. The van der Waals surface area contributed by atoms with Crippen molar-refractivity contribution in [3.8, 4) is 0 Å². The van der Waals surface area contributed by atoms with Crippen molar-refractivity contribution in [2.75, 3.05) is 13.1 Å². The number of sulfonamides is 1. The summed E-state index contributed by atoms with van der Waals surface area (Å²) in [4.78, 5) is 22.3. The van der Waals surface area contributed by atoms with Gasteiger partial charge in [-0.05, 0) is 29.0 Å². The second-order valence-corrected chi connectivity index (χ2v) is 7.70. The quantitative estimate of drug-likeness (QED) is 0.359. The van der Waals surface area contributed by atoms with Crippen molar-refractivity contribution in [1.82, 2.24) is 10.0 Å². The predicted molar refractivity (Wildman–Crippen MR) is 105 cm³/mol. The zero-order valence-corrected chi connectivity index (χ0v) is 15.5. The SMILES string of the molecule is O=C(NCCNS(=O)(=O)c1ccc([N+](=O)[O-])cc1)c1cccc2ccccc12. The molecule has 0 aliphatic rings. The molecule has 2 N–H and O–H groups in total. The Morgan fingerprint density at radius 3 is 2.32 bits per heavy atom. The van der Waals surface area contributed by atoms with Gasteiger partial charge in [-0.1, -0.05) is 36.4 Å². The van der Waals surface area contributed by atoms with Gasteiger partial charge in [0.15, 0.2) is 0 Å². The fourth-order valence-corrected chi connectivity index (χ4v) is 3.74. The van der Waals surface area contributed by atoms with Gasteiger partial charge in [-0.2, -0.15) is 0 Å². The number of amides is 1. The van der Waals surface area contributed by atoms with E-state index in [9.17, 15) is 23.3 Å². The Labute approximate surface area is 161 Å². The molecule has 9 heteroatoms. The summed E-state index contributed by atoms with van der Waals surface area (Å²) in [5.41, 5.74) is 0.317. The van der Waals surface area contributed by atoms with E-state index in [1.807, 2.05) is 30.3 Å². The van der Waals surface area contributed by atoms with Crippen LogP contribution in [0.2, 0.25) is 0 Å². The molecule has 1 amide bonds. The van der Waals surface area contributed by atoms with Crippen LogP contribution in [0.4, 0.5) is 5.69 Å². The van der Waals surface area contributed by atoms with Gasteiger partial charge in [-0.3, -0.25) is 14.9 Å². The Balaban J connectivity index is 1.59. The molecule has 8 nitrogen and oxygen atoms in total. The van der Waals surface area contributed by atoms with E-state index in [0.29, 0.717) is 5.56 Å². The molecule has 3 aromatic rings. The molecule has 3 aromatic carbocycles. The molecule has 0 heterocycles. The lowest BCUT2D eigenvalue weighted by Crippen LogP contribution is -2.34. The van der Waals surface area contributed by atoms with Gasteiger partial charge in [0.2, 0.25) is 10.0 Å². The fourth-order valence-electron chi connectivity index (χ4n) is 2.71. The first-order chi connectivity index (χ1) is 13.4. The molecule has 0 saturated heterocycles. The van der Waals surface area contributed by atoms with Crippen molar-refractivity contribution < 1.29 is 18.1 Å². The summed E-state index contributed by atoms with van der Waals surface area (Å²) in [7, 11) is -3.82. The van der Waals surface area contributed by atoms with Gasteiger partial charge in [0, 0.05) is 30.8 Å². The average Bonchev–Trinajstić information content (AvgIpc) is 2.70. The number of rotatable bonds is 7. The van der Waals surface area contributed by atoms with Crippen molar-refractivity contribution in [1.29, 1.82) is 0 Å². The first kappa shape index (κ1) is 19.5. The maximum absolute atomic E-state index is 12.4. The number of carbonyl (C=O) groups excluding carboxylic acids is 1. The molecule has 0 aliphatic carbocycles. The van der Waals surface area contributed by atoms with Gasteiger partial charge in [0.1, 0.15) is 0 Å². The van der Waals surface area contributed by atoms with E-state index in [1.54, 1.807) is 12.1 Å². The highest BCUT2D eigenvalue weighted by atomic mass is 32.2. The minimum Gasteiger partial charge on any atom is -0.351 e. The van der Waals surface area contributed by atoms with Crippen molar-refractivity contribution in [2.45, 2.75) is 4.90 Å². The van der Waals surface area contributed by atoms with Gasteiger partial charge >= 0.3 is 0 Å². The highest BCUT2D eigenvalue weighted by Crippen LogP contribution is 2.18. The maximum atomic E-state index is 12.4. The smallest absolute Gasteiger partial charge is 0.269 e. The Hall–Kier alpha value is -3.30. The largest absolute Gasteiger partial charge is 0.351 e. The highest BCUT2D eigenvalue weighted by molar-refractivity contribution is 7.89. The second-order valence-electron chi connectivity index (χ2n) is 5.93. The molecule has 144 valence electrons. The number of hydrogen-bond donors (Lipinski definition) is 2. The third kappa shape index (κ3) is 4.33. The Morgan fingerprint density at radius 2 is 1.61 bits per heavy atom. The van der Waals surface area contributed by atoms with Gasteiger partial charge in [-0.15, -0.1) is 0 Å². The molecular weight excluding hydrogens is 382 g/mol. The first-order valence-corrected chi connectivity index (χ1v) is 9.87. The summed E-state index contributed by atoms with van der Waals surface area (Å²) in [5.74, 6) is -0.300. The summed E-state index contributed by atoms with van der Waals surface area (Å²) < 4.78 is 26.8. The maximum Gasteiger partial charge on any atom is 0.269 e. The zero-order chi connectivity index (χ0) is 20.1. The average molecular weight is 399 g/mol. The van der Waals surface area contributed by atoms with Crippen LogP contribution in [0.25, 0.3) is 10.8 Å². The molecule has 0 atom stereocenters. The zero-order valence-electron chi connectivity index (χ0n) is 14.7. The number of nitrogens with zero attached hydrogens (tertiary/aromatic N) is 1. The summed E-state index contributed by atoms with van der Waals surface area (Å²) in [5, 5.41) is 15.1.